The summed E-state index contributed by atoms with van der Waals surface area (Å²) in [7, 11) is 0. The third kappa shape index (κ3) is 6.77. The van der Waals surface area contributed by atoms with E-state index in [4.69, 9.17) is 23.2 Å². The Morgan fingerprint density at radius 3 is 2.17 bits per heavy atom. The van der Waals surface area contributed by atoms with Crippen LogP contribution in [0.25, 0.3) is 0 Å². The molecule has 1 heterocycles. The number of carbonyl (C=O) groups excluding carboxylic acids is 2. The number of carboxylic acid groups (broad SMARTS) is 1. The summed E-state index contributed by atoms with van der Waals surface area (Å²) in [5.74, 6) is -2.95. The first-order chi connectivity index (χ1) is 19.5. The zero-order valence-electron chi connectivity index (χ0n) is 23.4. The predicted octanol–water partition coefficient (Wildman–Crippen LogP) is 7.72. The molecule has 1 amide bonds. The quantitative estimate of drug-likeness (QED) is 0.237. The second kappa shape index (κ2) is 12.1. The highest BCUT2D eigenvalue weighted by atomic mass is 35.5. The summed E-state index contributed by atoms with van der Waals surface area (Å²) in [4.78, 5) is 39.6. The van der Waals surface area contributed by atoms with Gasteiger partial charge in [-0.1, -0.05) is 42.5 Å². The van der Waals surface area contributed by atoms with E-state index in [9.17, 15) is 32.7 Å². The molecule has 1 aromatic heterocycles. The molecule has 230 valence electrons. The minimum atomic E-state index is -5.01. The Balaban J connectivity index is 1.70. The zero-order valence-corrected chi connectivity index (χ0v) is 24.9. The van der Waals surface area contributed by atoms with Crippen molar-refractivity contribution in [1.29, 1.82) is 0 Å². The molecule has 7 nitrogen and oxygen atoms in total. The van der Waals surface area contributed by atoms with Crippen molar-refractivity contribution in [3.05, 3.63) is 50.8 Å². The van der Waals surface area contributed by atoms with Gasteiger partial charge in [0.1, 0.15) is 5.67 Å². The van der Waals surface area contributed by atoms with Crippen molar-refractivity contribution < 1.29 is 37.1 Å². The van der Waals surface area contributed by atoms with Crippen LogP contribution in [0.4, 0.5) is 17.6 Å². The van der Waals surface area contributed by atoms with Crippen LogP contribution in [0, 0.1) is 12.3 Å². The van der Waals surface area contributed by atoms with Gasteiger partial charge in [0.25, 0.3) is 5.91 Å². The monoisotopic (exact) mass is 633 g/mol. The second-order valence-corrected chi connectivity index (χ2v) is 12.7. The normalized spacial score (nSPS) is 22.5. The largest absolute Gasteiger partial charge is 0.481 e. The molecular weight excluding hydrogens is 601 g/mol. The lowest BCUT2D eigenvalue weighted by atomic mass is 9.74. The van der Waals surface area contributed by atoms with Crippen LogP contribution in [-0.4, -0.2) is 56.2 Å². The average molecular weight is 634 g/mol. The summed E-state index contributed by atoms with van der Waals surface area (Å²) in [6.07, 6.45) is -1.62. The molecule has 0 radical (unpaired) electrons. The van der Waals surface area contributed by atoms with Crippen LogP contribution < -0.4 is 0 Å². The Bertz CT molecular complexity index is 1340. The second-order valence-electron chi connectivity index (χ2n) is 11.8. The van der Waals surface area contributed by atoms with Crippen LogP contribution in [0.2, 0.25) is 10.0 Å². The molecule has 2 fully saturated rings. The van der Waals surface area contributed by atoms with E-state index < -0.39 is 65.3 Å². The van der Waals surface area contributed by atoms with Crippen molar-refractivity contribution in [2.45, 2.75) is 89.5 Å². The standard InChI is InChI=1S/C29H33Cl2F4N3O4/c1-17-12-20(30)23(21(31)13-17)22(39)15-37(16-28(32)8-4-3-5-9-28)25(40)19-14-36-38(24(19)29(33,34)35)18-6-10-27(2,11-7-18)26(41)42/h12-14,18H,3-11,15-16H2,1-2H3,(H,41,42)/t18-,27-. The molecule has 2 aromatic rings. The number of nitrogens with zero attached hydrogens (tertiary/aromatic N) is 3. The minimum absolute atomic E-state index is 0.0134. The number of carboxylic acids is 1. The van der Waals surface area contributed by atoms with E-state index in [1.807, 2.05) is 0 Å². The van der Waals surface area contributed by atoms with Gasteiger partial charge in [-0.25, -0.2) is 4.39 Å². The number of aliphatic carboxylic acids is 1. The molecule has 2 saturated carbocycles. The van der Waals surface area contributed by atoms with Crippen LogP contribution in [0.15, 0.2) is 18.3 Å². The van der Waals surface area contributed by atoms with Gasteiger partial charge in [0.05, 0.1) is 51.9 Å². The lowest BCUT2D eigenvalue weighted by Gasteiger charge is -2.35. The SMILES string of the molecule is Cc1cc(Cl)c(C(=O)CN(CC2(F)CCCCC2)C(=O)c2cnn([C@H]3CC[C@](C)(C(=O)O)CC3)c2C(F)(F)F)c(Cl)c1. The number of alkyl halides is 4. The first-order valence-electron chi connectivity index (χ1n) is 13.9. The summed E-state index contributed by atoms with van der Waals surface area (Å²) >= 11 is 12.5. The predicted molar refractivity (Wildman–Crippen MR) is 149 cm³/mol. The van der Waals surface area contributed by atoms with E-state index in [0.29, 0.717) is 18.4 Å². The number of carbonyl (C=O) groups is 3. The van der Waals surface area contributed by atoms with Gasteiger partial charge in [0.2, 0.25) is 0 Å². The van der Waals surface area contributed by atoms with Crippen molar-refractivity contribution in [1.82, 2.24) is 14.7 Å². The lowest BCUT2D eigenvalue weighted by molar-refractivity contribution is -0.152. The maximum absolute atomic E-state index is 15.9. The van der Waals surface area contributed by atoms with Gasteiger partial charge in [-0.3, -0.25) is 19.1 Å². The van der Waals surface area contributed by atoms with Crippen LogP contribution in [0.3, 0.4) is 0 Å². The molecule has 2 aliphatic carbocycles. The van der Waals surface area contributed by atoms with Crippen molar-refractivity contribution in [2.24, 2.45) is 5.41 Å². The van der Waals surface area contributed by atoms with Gasteiger partial charge in [-0.05, 0) is 70.1 Å². The first kappa shape index (κ1) is 32.3. The van der Waals surface area contributed by atoms with Gasteiger partial charge in [-0.2, -0.15) is 18.3 Å². The summed E-state index contributed by atoms with van der Waals surface area (Å²) in [6.45, 7) is 1.94. The zero-order chi connectivity index (χ0) is 31.0. The van der Waals surface area contributed by atoms with Gasteiger partial charge < -0.3 is 10.0 Å². The summed E-state index contributed by atoms with van der Waals surface area (Å²) in [6, 6.07) is 2.20. The summed E-state index contributed by atoms with van der Waals surface area (Å²) in [5.41, 5.74) is -4.49. The molecule has 0 atom stereocenters. The van der Waals surface area contributed by atoms with Crippen LogP contribution >= 0.6 is 23.2 Å². The van der Waals surface area contributed by atoms with Crippen LogP contribution in [0.5, 0.6) is 0 Å². The van der Waals surface area contributed by atoms with Crippen molar-refractivity contribution in [3.63, 3.8) is 0 Å². The average Bonchev–Trinajstić information content (AvgIpc) is 3.34. The number of rotatable bonds is 8. The fourth-order valence-electron chi connectivity index (χ4n) is 6.05. The van der Waals surface area contributed by atoms with Gasteiger partial charge in [0.15, 0.2) is 11.5 Å². The van der Waals surface area contributed by atoms with E-state index in [1.54, 1.807) is 13.8 Å². The highest BCUT2D eigenvalue weighted by Crippen LogP contribution is 2.44. The van der Waals surface area contributed by atoms with Crippen molar-refractivity contribution >= 4 is 40.9 Å². The van der Waals surface area contributed by atoms with Gasteiger partial charge >= 0.3 is 12.1 Å². The minimum Gasteiger partial charge on any atom is -0.481 e. The number of aryl methyl sites for hydroxylation is 1. The highest BCUT2D eigenvalue weighted by molar-refractivity contribution is 6.40. The highest BCUT2D eigenvalue weighted by Gasteiger charge is 2.46. The molecule has 1 N–H and O–H groups in total. The lowest BCUT2D eigenvalue weighted by Crippen LogP contribution is -2.46. The Hall–Kier alpha value is -2.66. The molecule has 0 bridgehead atoms. The van der Waals surface area contributed by atoms with Crippen LogP contribution in [0.1, 0.15) is 103 Å². The number of hydrogen-bond acceptors (Lipinski definition) is 4. The smallest absolute Gasteiger partial charge is 0.433 e. The molecule has 1 aromatic carbocycles. The Kier molecular flexibility index (Phi) is 9.33. The Morgan fingerprint density at radius 1 is 1.07 bits per heavy atom. The number of amides is 1. The topological polar surface area (TPSA) is 92.5 Å². The number of Topliss-reactive ketones (excluding diaryl/α,β-unsaturated/α-hetero) is 1. The van der Waals surface area contributed by atoms with E-state index in [-0.39, 0.29) is 54.1 Å². The van der Waals surface area contributed by atoms with Crippen molar-refractivity contribution in [2.75, 3.05) is 13.1 Å². The van der Waals surface area contributed by atoms with Gasteiger partial charge in [-0.15, -0.1) is 0 Å². The third-order valence-corrected chi connectivity index (χ3v) is 9.12. The van der Waals surface area contributed by atoms with E-state index in [0.717, 1.165) is 22.2 Å². The maximum atomic E-state index is 15.9. The fraction of sp³-hybridized carbons (Fsp3) is 0.586. The van der Waals surface area contributed by atoms with Crippen molar-refractivity contribution in [3.8, 4) is 0 Å². The first-order valence-corrected chi connectivity index (χ1v) is 14.7. The summed E-state index contributed by atoms with van der Waals surface area (Å²) in [5, 5.41) is 13.5. The van der Waals surface area contributed by atoms with Gasteiger partial charge in [0, 0.05) is 0 Å². The molecule has 0 spiro atoms. The van der Waals surface area contributed by atoms with E-state index in [1.165, 1.54) is 12.1 Å². The van der Waals surface area contributed by atoms with E-state index >= 15 is 4.39 Å². The molecular formula is C29H33Cl2F4N3O4. The molecule has 13 heteroatoms. The third-order valence-electron chi connectivity index (χ3n) is 8.53. The number of hydrogen-bond donors (Lipinski definition) is 1. The molecule has 0 aliphatic heterocycles. The summed E-state index contributed by atoms with van der Waals surface area (Å²) < 4.78 is 60.1. The molecule has 0 unspecified atom stereocenters. The maximum Gasteiger partial charge on any atom is 0.433 e. The van der Waals surface area contributed by atoms with E-state index in [2.05, 4.69) is 5.10 Å². The molecule has 2 aliphatic rings. The number of aromatic nitrogens is 2. The Labute approximate surface area is 251 Å². The molecule has 0 saturated heterocycles. The van der Waals surface area contributed by atoms with Crippen LogP contribution in [-0.2, 0) is 11.0 Å². The number of benzene rings is 1. The number of halogens is 6. The fourth-order valence-corrected chi connectivity index (χ4v) is 6.86. The molecule has 42 heavy (non-hydrogen) atoms. The number of ketones is 1. The Morgan fingerprint density at radius 2 is 1.64 bits per heavy atom. The molecule has 4 rings (SSSR count).